The maximum Gasteiger partial charge on any atom is 0.353 e. The van der Waals surface area contributed by atoms with Gasteiger partial charge < -0.3 is 10.6 Å². The van der Waals surface area contributed by atoms with E-state index in [1.807, 2.05) is 6.92 Å². The molecule has 2 rings (SSSR count). The standard InChI is InChI=1S/C14H15Cl2N5O2/c1-2-3-6-17-13-12(21(22)23)14(19-8-18-13)20-11-5-4-9(15)7-10(11)16/h4-5,7-8H,2-3,6H2,1H3,(H2,17,18,19,20). The van der Waals surface area contributed by atoms with Crippen molar-refractivity contribution in [1.82, 2.24) is 9.97 Å². The molecule has 0 atom stereocenters. The van der Waals surface area contributed by atoms with Crippen LogP contribution in [0.25, 0.3) is 0 Å². The fraction of sp³-hybridized carbons (Fsp3) is 0.286. The molecule has 0 aliphatic rings. The second-order valence-electron chi connectivity index (χ2n) is 4.71. The van der Waals surface area contributed by atoms with Crippen molar-refractivity contribution in [2.45, 2.75) is 19.8 Å². The molecule has 0 aliphatic carbocycles. The maximum atomic E-state index is 11.4. The highest BCUT2D eigenvalue weighted by Crippen LogP contribution is 2.34. The molecular formula is C14H15Cl2N5O2. The van der Waals surface area contributed by atoms with Crippen molar-refractivity contribution in [2.24, 2.45) is 0 Å². The summed E-state index contributed by atoms with van der Waals surface area (Å²) in [5, 5.41) is 18.0. The van der Waals surface area contributed by atoms with Crippen LogP contribution in [0.15, 0.2) is 24.5 Å². The number of hydrogen-bond acceptors (Lipinski definition) is 6. The molecule has 0 aliphatic heterocycles. The Morgan fingerprint density at radius 2 is 2.00 bits per heavy atom. The van der Waals surface area contributed by atoms with E-state index in [-0.39, 0.29) is 17.3 Å². The van der Waals surface area contributed by atoms with Crippen LogP contribution in [0.5, 0.6) is 0 Å². The van der Waals surface area contributed by atoms with Gasteiger partial charge in [-0.1, -0.05) is 36.5 Å². The molecule has 0 saturated heterocycles. The lowest BCUT2D eigenvalue weighted by Gasteiger charge is -2.11. The van der Waals surface area contributed by atoms with Gasteiger partial charge >= 0.3 is 5.69 Å². The Kier molecular flexibility index (Phi) is 5.95. The summed E-state index contributed by atoms with van der Waals surface area (Å²) in [6.45, 7) is 2.63. The summed E-state index contributed by atoms with van der Waals surface area (Å²) in [5.74, 6) is 0.235. The summed E-state index contributed by atoms with van der Waals surface area (Å²) >= 11 is 11.9. The third-order valence-corrected chi connectivity index (χ3v) is 3.56. The van der Waals surface area contributed by atoms with Gasteiger partial charge in [-0.2, -0.15) is 0 Å². The number of hydrogen-bond donors (Lipinski definition) is 2. The third-order valence-electron chi connectivity index (χ3n) is 3.01. The molecule has 23 heavy (non-hydrogen) atoms. The highest BCUT2D eigenvalue weighted by atomic mass is 35.5. The van der Waals surface area contributed by atoms with E-state index in [9.17, 15) is 10.1 Å². The number of benzene rings is 1. The highest BCUT2D eigenvalue weighted by Gasteiger charge is 2.23. The van der Waals surface area contributed by atoms with Crippen molar-refractivity contribution in [3.8, 4) is 0 Å². The molecule has 0 bridgehead atoms. The molecule has 0 saturated carbocycles. The number of nitro groups is 1. The van der Waals surface area contributed by atoms with Gasteiger partial charge in [0.25, 0.3) is 0 Å². The Morgan fingerprint density at radius 3 is 2.65 bits per heavy atom. The monoisotopic (exact) mass is 355 g/mol. The van der Waals surface area contributed by atoms with E-state index >= 15 is 0 Å². The van der Waals surface area contributed by atoms with Crippen LogP contribution in [0.3, 0.4) is 0 Å². The molecule has 0 radical (unpaired) electrons. The molecule has 1 heterocycles. The highest BCUT2D eigenvalue weighted by molar-refractivity contribution is 6.36. The lowest BCUT2D eigenvalue weighted by atomic mass is 10.3. The topological polar surface area (TPSA) is 93.0 Å². The van der Waals surface area contributed by atoms with Crippen molar-refractivity contribution >= 4 is 46.2 Å². The van der Waals surface area contributed by atoms with Gasteiger partial charge in [0.15, 0.2) is 0 Å². The van der Waals surface area contributed by atoms with Crippen molar-refractivity contribution in [2.75, 3.05) is 17.2 Å². The second kappa shape index (κ2) is 7.94. The minimum Gasteiger partial charge on any atom is -0.364 e. The van der Waals surface area contributed by atoms with Gasteiger partial charge in [0.2, 0.25) is 11.6 Å². The average Bonchev–Trinajstić information content (AvgIpc) is 2.50. The van der Waals surface area contributed by atoms with Gasteiger partial charge in [0, 0.05) is 11.6 Å². The van der Waals surface area contributed by atoms with E-state index in [4.69, 9.17) is 23.2 Å². The summed E-state index contributed by atoms with van der Waals surface area (Å²) in [4.78, 5) is 18.8. The van der Waals surface area contributed by atoms with Gasteiger partial charge in [0.1, 0.15) is 6.33 Å². The number of nitrogens with zero attached hydrogens (tertiary/aromatic N) is 3. The zero-order valence-corrected chi connectivity index (χ0v) is 13.9. The SMILES string of the molecule is CCCCNc1ncnc(Nc2ccc(Cl)cc2Cl)c1[N+](=O)[O-]. The van der Waals surface area contributed by atoms with Crippen LogP contribution in [-0.2, 0) is 0 Å². The largest absolute Gasteiger partial charge is 0.364 e. The first-order valence-corrected chi connectivity index (χ1v) is 7.73. The molecule has 0 amide bonds. The third kappa shape index (κ3) is 4.43. The van der Waals surface area contributed by atoms with E-state index in [2.05, 4.69) is 20.6 Å². The Bertz CT molecular complexity index is 712. The number of rotatable bonds is 7. The Morgan fingerprint density at radius 1 is 1.26 bits per heavy atom. The summed E-state index contributed by atoms with van der Waals surface area (Å²) < 4.78 is 0. The van der Waals surface area contributed by atoms with Crippen molar-refractivity contribution in [1.29, 1.82) is 0 Å². The van der Waals surface area contributed by atoms with E-state index in [0.29, 0.717) is 22.3 Å². The lowest BCUT2D eigenvalue weighted by Crippen LogP contribution is -2.09. The van der Waals surface area contributed by atoms with E-state index in [0.717, 1.165) is 12.8 Å². The molecule has 122 valence electrons. The summed E-state index contributed by atoms with van der Waals surface area (Å²) in [5.41, 5.74) is 0.243. The van der Waals surface area contributed by atoms with Gasteiger partial charge in [0.05, 0.1) is 15.6 Å². The van der Waals surface area contributed by atoms with E-state index in [1.54, 1.807) is 18.2 Å². The fourth-order valence-corrected chi connectivity index (χ4v) is 2.33. The predicted octanol–water partition coefficient (Wildman–Crippen LogP) is 4.65. The molecule has 0 unspecified atom stereocenters. The molecule has 1 aromatic carbocycles. The van der Waals surface area contributed by atoms with Gasteiger partial charge in [-0.3, -0.25) is 10.1 Å². The first kappa shape index (κ1) is 17.2. The Labute approximate surface area is 143 Å². The Hall–Kier alpha value is -2.12. The maximum absolute atomic E-state index is 11.4. The molecule has 7 nitrogen and oxygen atoms in total. The van der Waals surface area contributed by atoms with Crippen molar-refractivity contribution in [3.63, 3.8) is 0 Å². The second-order valence-corrected chi connectivity index (χ2v) is 5.55. The van der Waals surface area contributed by atoms with Gasteiger partial charge in [-0.05, 0) is 24.6 Å². The van der Waals surface area contributed by atoms with Crippen LogP contribution in [0, 0.1) is 10.1 Å². The van der Waals surface area contributed by atoms with Crippen molar-refractivity contribution in [3.05, 3.63) is 44.7 Å². The first-order valence-electron chi connectivity index (χ1n) is 6.98. The summed E-state index contributed by atoms with van der Waals surface area (Å²) in [6, 6.07) is 4.79. The molecular weight excluding hydrogens is 341 g/mol. The zero-order chi connectivity index (χ0) is 16.8. The molecule has 2 aromatic rings. The van der Waals surface area contributed by atoms with Crippen LogP contribution in [-0.4, -0.2) is 21.4 Å². The fourth-order valence-electron chi connectivity index (χ4n) is 1.87. The van der Waals surface area contributed by atoms with Gasteiger partial charge in [-0.15, -0.1) is 0 Å². The minimum absolute atomic E-state index is 0.0632. The van der Waals surface area contributed by atoms with Gasteiger partial charge in [-0.25, -0.2) is 9.97 Å². The average molecular weight is 356 g/mol. The number of halogens is 2. The smallest absolute Gasteiger partial charge is 0.353 e. The molecule has 0 fully saturated rings. The molecule has 0 spiro atoms. The number of unbranched alkanes of at least 4 members (excludes halogenated alkanes) is 1. The molecule has 2 N–H and O–H groups in total. The zero-order valence-electron chi connectivity index (χ0n) is 12.3. The van der Waals surface area contributed by atoms with Crippen LogP contribution >= 0.6 is 23.2 Å². The van der Waals surface area contributed by atoms with E-state index in [1.165, 1.54) is 6.33 Å². The normalized spacial score (nSPS) is 10.4. The lowest BCUT2D eigenvalue weighted by molar-refractivity contribution is -0.383. The minimum atomic E-state index is -0.527. The van der Waals surface area contributed by atoms with Crippen LogP contribution in [0.2, 0.25) is 10.0 Å². The van der Waals surface area contributed by atoms with E-state index < -0.39 is 4.92 Å². The van der Waals surface area contributed by atoms with Crippen molar-refractivity contribution < 1.29 is 4.92 Å². The quantitative estimate of drug-likeness (QED) is 0.426. The number of aromatic nitrogens is 2. The van der Waals surface area contributed by atoms with Crippen LogP contribution in [0.1, 0.15) is 19.8 Å². The number of anilines is 3. The molecule has 9 heteroatoms. The van der Waals surface area contributed by atoms with Crippen LogP contribution in [0.4, 0.5) is 23.0 Å². The number of nitrogens with one attached hydrogen (secondary N) is 2. The first-order chi connectivity index (χ1) is 11.0. The summed E-state index contributed by atoms with van der Waals surface area (Å²) in [6.07, 6.45) is 3.11. The van der Waals surface area contributed by atoms with Crippen LogP contribution < -0.4 is 10.6 Å². The molecule has 1 aromatic heterocycles. The predicted molar refractivity (Wildman–Crippen MR) is 91.8 cm³/mol. The summed E-state index contributed by atoms with van der Waals surface area (Å²) in [7, 11) is 0. The Balaban J connectivity index is 2.33.